The number of amides is 1. The lowest BCUT2D eigenvalue weighted by atomic mass is 9.92. The van der Waals surface area contributed by atoms with E-state index in [1.165, 1.54) is 17.6 Å². The smallest absolute Gasteiger partial charge is 0.279 e. The lowest BCUT2D eigenvalue weighted by molar-refractivity contribution is -0.904. The molecule has 1 aliphatic rings. The van der Waals surface area contributed by atoms with E-state index in [4.69, 9.17) is 11.6 Å². The highest BCUT2D eigenvalue weighted by molar-refractivity contribution is 6.31. The number of aromatic nitrogens is 3. The van der Waals surface area contributed by atoms with E-state index in [9.17, 15) is 4.79 Å². The maximum atomic E-state index is 12.5. The third kappa shape index (κ3) is 4.13. The van der Waals surface area contributed by atoms with Crippen molar-refractivity contribution in [3.8, 4) is 5.69 Å². The van der Waals surface area contributed by atoms with Crippen molar-refractivity contribution in [3.63, 3.8) is 0 Å². The van der Waals surface area contributed by atoms with Crippen LogP contribution in [0, 0.1) is 11.8 Å². The summed E-state index contributed by atoms with van der Waals surface area (Å²) >= 11 is 6.09. The number of halogens is 1. The van der Waals surface area contributed by atoms with Crippen LogP contribution in [0.2, 0.25) is 5.02 Å². The van der Waals surface area contributed by atoms with Gasteiger partial charge in [-0.05, 0) is 24.6 Å². The van der Waals surface area contributed by atoms with Crippen LogP contribution in [0.25, 0.3) is 5.69 Å². The molecule has 3 rings (SSSR count). The standard InChI is InChI=1S/C17H22ClN5O/c1-12-5-13(2)8-22(7-12)9-17(24)21-15-6-14(18)3-4-16(15)23-11-19-10-20-23/h3-4,6,10-13H,5,7-9H2,1-2H3,(H,21,24)/p+1/t12-,13-/m0/s1. The highest BCUT2D eigenvalue weighted by Gasteiger charge is 2.26. The van der Waals surface area contributed by atoms with Gasteiger partial charge < -0.3 is 10.2 Å². The van der Waals surface area contributed by atoms with Crippen LogP contribution in [0.3, 0.4) is 0 Å². The molecule has 1 fully saturated rings. The second-order valence-corrected chi connectivity index (χ2v) is 7.27. The Balaban J connectivity index is 1.71. The van der Waals surface area contributed by atoms with Crippen LogP contribution in [0.4, 0.5) is 5.69 Å². The molecule has 128 valence electrons. The quantitative estimate of drug-likeness (QED) is 0.878. The van der Waals surface area contributed by atoms with Gasteiger partial charge in [-0.1, -0.05) is 25.4 Å². The minimum Gasteiger partial charge on any atom is -0.327 e. The molecule has 2 heterocycles. The molecule has 2 aromatic rings. The van der Waals surface area contributed by atoms with Crippen LogP contribution in [0.15, 0.2) is 30.9 Å². The number of anilines is 1. The summed E-state index contributed by atoms with van der Waals surface area (Å²) in [5.41, 5.74) is 1.40. The van der Waals surface area contributed by atoms with E-state index in [1.807, 2.05) is 6.07 Å². The molecule has 1 aromatic carbocycles. The number of quaternary nitrogens is 1. The summed E-state index contributed by atoms with van der Waals surface area (Å²) in [7, 11) is 0. The summed E-state index contributed by atoms with van der Waals surface area (Å²) in [5.74, 6) is 1.32. The molecule has 0 bridgehead atoms. The van der Waals surface area contributed by atoms with Crippen molar-refractivity contribution < 1.29 is 9.69 Å². The van der Waals surface area contributed by atoms with Crippen molar-refractivity contribution in [2.75, 3.05) is 25.0 Å². The minimum absolute atomic E-state index is 0.00469. The summed E-state index contributed by atoms with van der Waals surface area (Å²) in [6, 6.07) is 5.34. The van der Waals surface area contributed by atoms with Gasteiger partial charge in [0, 0.05) is 16.9 Å². The Morgan fingerprint density at radius 2 is 2.12 bits per heavy atom. The van der Waals surface area contributed by atoms with Gasteiger partial charge in [0.15, 0.2) is 6.54 Å². The van der Waals surface area contributed by atoms with E-state index < -0.39 is 0 Å². The average Bonchev–Trinajstić information content (AvgIpc) is 3.00. The number of nitrogens with zero attached hydrogens (tertiary/aromatic N) is 3. The number of carbonyl (C=O) groups is 1. The number of benzene rings is 1. The second kappa shape index (κ2) is 7.32. The Kier molecular flexibility index (Phi) is 5.16. The van der Waals surface area contributed by atoms with E-state index in [0.717, 1.165) is 18.8 Å². The second-order valence-electron chi connectivity index (χ2n) is 6.83. The summed E-state index contributed by atoms with van der Waals surface area (Å²) < 4.78 is 1.61. The molecule has 7 heteroatoms. The SMILES string of the molecule is C[C@H]1C[C@H](C)C[NH+](CC(=O)Nc2cc(Cl)ccc2-n2cncn2)C1. The largest absolute Gasteiger partial charge is 0.327 e. The molecule has 0 unspecified atom stereocenters. The van der Waals surface area contributed by atoms with Crippen LogP contribution in [-0.2, 0) is 4.79 Å². The van der Waals surface area contributed by atoms with Crippen LogP contribution in [0.1, 0.15) is 20.3 Å². The first-order valence-electron chi connectivity index (χ1n) is 8.29. The van der Waals surface area contributed by atoms with Crippen molar-refractivity contribution in [1.29, 1.82) is 0 Å². The van der Waals surface area contributed by atoms with E-state index >= 15 is 0 Å². The molecule has 0 radical (unpaired) electrons. The molecule has 24 heavy (non-hydrogen) atoms. The van der Waals surface area contributed by atoms with E-state index in [1.54, 1.807) is 23.1 Å². The molecule has 0 saturated carbocycles. The molecular formula is C17H23ClN5O+. The fourth-order valence-corrected chi connectivity index (χ4v) is 3.80. The van der Waals surface area contributed by atoms with E-state index in [2.05, 4.69) is 29.2 Å². The van der Waals surface area contributed by atoms with Crippen LogP contribution < -0.4 is 10.2 Å². The number of rotatable bonds is 4. The first kappa shape index (κ1) is 16.9. The predicted molar refractivity (Wildman–Crippen MR) is 93.5 cm³/mol. The summed E-state index contributed by atoms with van der Waals surface area (Å²) in [6.45, 7) is 7.07. The summed E-state index contributed by atoms with van der Waals surface area (Å²) in [4.78, 5) is 17.8. The van der Waals surface area contributed by atoms with Gasteiger partial charge >= 0.3 is 0 Å². The zero-order chi connectivity index (χ0) is 17.1. The zero-order valence-electron chi connectivity index (χ0n) is 14.0. The molecule has 2 atom stereocenters. The highest BCUT2D eigenvalue weighted by atomic mass is 35.5. The molecule has 1 amide bonds. The van der Waals surface area contributed by atoms with Gasteiger partial charge in [-0.2, -0.15) is 5.10 Å². The number of likely N-dealkylation sites (tertiary alicyclic amines) is 1. The Morgan fingerprint density at radius 1 is 1.38 bits per heavy atom. The Labute approximate surface area is 146 Å². The summed E-state index contributed by atoms with van der Waals surface area (Å²) in [6.07, 6.45) is 4.30. The van der Waals surface area contributed by atoms with Crippen LogP contribution in [0.5, 0.6) is 0 Å². The third-order valence-electron chi connectivity index (χ3n) is 4.39. The molecule has 1 saturated heterocycles. The number of hydrogen-bond donors (Lipinski definition) is 2. The van der Waals surface area contributed by atoms with Crippen LogP contribution >= 0.6 is 11.6 Å². The Morgan fingerprint density at radius 3 is 2.79 bits per heavy atom. The molecular weight excluding hydrogens is 326 g/mol. The number of carbonyl (C=O) groups excluding carboxylic acids is 1. The summed E-state index contributed by atoms with van der Waals surface area (Å²) in [5, 5.41) is 7.68. The van der Waals surface area contributed by atoms with Gasteiger partial charge in [0.25, 0.3) is 5.91 Å². The van der Waals surface area contributed by atoms with Crippen molar-refractivity contribution in [3.05, 3.63) is 35.9 Å². The topological polar surface area (TPSA) is 64.2 Å². The molecule has 1 aromatic heterocycles. The molecule has 1 aliphatic heterocycles. The van der Waals surface area contributed by atoms with Gasteiger partial charge in [0.2, 0.25) is 0 Å². The lowest BCUT2D eigenvalue weighted by Crippen LogP contribution is -3.15. The predicted octanol–water partition coefficient (Wildman–Crippen LogP) is 1.42. The number of nitrogens with one attached hydrogen (secondary N) is 2. The first-order chi connectivity index (χ1) is 11.5. The lowest BCUT2D eigenvalue weighted by Gasteiger charge is -2.31. The molecule has 0 spiro atoms. The van der Waals surface area contributed by atoms with E-state index in [-0.39, 0.29) is 5.91 Å². The fourth-order valence-electron chi connectivity index (χ4n) is 3.63. The molecule has 0 aliphatic carbocycles. The van der Waals surface area contributed by atoms with Gasteiger partial charge in [0.1, 0.15) is 12.7 Å². The van der Waals surface area contributed by atoms with Crippen molar-refractivity contribution in [2.24, 2.45) is 11.8 Å². The number of hydrogen-bond acceptors (Lipinski definition) is 3. The average molecular weight is 349 g/mol. The molecule has 2 N–H and O–H groups in total. The first-order valence-corrected chi connectivity index (χ1v) is 8.67. The maximum Gasteiger partial charge on any atom is 0.279 e. The number of piperidine rings is 1. The highest BCUT2D eigenvalue weighted by Crippen LogP contribution is 2.23. The van der Waals surface area contributed by atoms with Gasteiger partial charge in [0.05, 0.1) is 24.5 Å². The van der Waals surface area contributed by atoms with E-state index in [0.29, 0.717) is 29.1 Å². The minimum atomic E-state index is -0.00469. The zero-order valence-corrected chi connectivity index (χ0v) is 14.8. The normalized spacial score (nSPS) is 23.9. The van der Waals surface area contributed by atoms with Crippen molar-refractivity contribution in [2.45, 2.75) is 20.3 Å². The third-order valence-corrected chi connectivity index (χ3v) is 4.62. The van der Waals surface area contributed by atoms with Crippen molar-refractivity contribution >= 4 is 23.2 Å². The van der Waals surface area contributed by atoms with Gasteiger partial charge in [-0.25, -0.2) is 9.67 Å². The van der Waals surface area contributed by atoms with Gasteiger partial charge in [-0.3, -0.25) is 4.79 Å². The maximum absolute atomic E-state index is 12.5. The Hall–Kier alpha value is -1.92. The van der Waals surface area contributed by atoms with Crippen molar-refractivity contribution in [1.82, 2.24) is 14.8 Å². The fraction of sp³-hybridized carbons (Fsp3) is 0.471. The molecule has 6 nitrogen and oxygen atoms in total. The van der Waals surface area contributed by atoms with Crippen LogP contribution in [-0.4, -0.2) is 40.3 Å². The van der Waals surface area contributed by atoms with Gasteiger partial charge in [-0.15, -0.1) is 0 Å². The Bertz CT molecular complexity index is 693. The monoisotopic (exact) mass is 348 g/mol.